The first-order chi connectivity index (χ1) is 6.92. The lowest BCUT2D eigenvalue weighted by atomic mass is 10.4. The van der Waals surface area contributed by atoms with Crippen molar-refractivity contribution in [3.63, 3.8) is 0 Å². The number of hydrogen-bond donors (Lipinski definition) is 2. The van der Waals surface area contributed by atoms with Gasteiger partial charge in [0.15, 0.2) is 0 Å². The number of aliphatic hydroxyl groups excluding tert-OH is 1. The molecule has 15 heavy (non-hydrogen) atoms. The minimum atomic E-state index is -3.61. The van der Waals surface area contributed by atoms with Gasteiger partial charge in [-0.05, 0) is 19.1 Å². The van der Waals surface area contributed by atoms with E-state index in [9.17, 15) is 8.42 Å². The van der Waals surface area contributed by atoms with Crippen LogP contribution in [-0.4, -0.2) is 31.2 Å². The molecule has 0 radical (unpaired) electrons. The van der Waals surface area contributed by atoms with E-state index in [4.69, 9.17) is 16.7 Å². The van der Waals surface area contributed by atoms with E-state index in [1.165, 1.54) is 25.3 Å². The lowest BCUT2D eigenvalue weighted by Gasteiger charge is -2.07. The molecular weight excluding hydrogens is 240 g/mol. The van der Waals surface area contributed by atoms with Crippen LogP contribution >= 0.6 is 11.6 Å². The zero-order valence-corrected chi connectivity index (χ0v) is 9.59. The molecule has 5 nitrogen and oxygen atoms in total. The number of hydrogen-bond acceptors (Lipinski definition) is 4. The van der Waals surface area contributed by atoms with Crippen LogP contribution in [-0.2, 0) is 10.0 Å². The number of nitrogens with zero attached hydrogens (tertiary/aromatic N) is 1. The molecule has 0 aromatic carbocycles. The van der Waals surface area contributed by atoms with Crippen LogP contribution in [0.25, 0.3) is 0 Å². The molecule has 84 valence electrons. The largest absolute Gasteiger partial charge is 0.392 e. The highest BCUT2D eigenvalue weighted by Gasteiger charge is 2.14. The van der Waals surface area contributed by atoms with Crippen LogP contribution in [0.3, 0.4) is 0 Å². The van der Waals surface area contributed by atoms with E-state index in [1.54, 1.807) is 0 Å². The van der Waals surface area contributed by atoms with Gasteiger partial charge in [-0.3, -0.25) is 0 Å². The van der Waals surface area contributed by atoms with Gasteiger partial charge in [0.25, 0.3) is 0 Å². The number of aromatic nitrogens is 1. The highest BCUT2D eigenvalue weighted by molar-refractivity contribution is 7.89. The minimum absolute atomic E-state index is 0.0307. The molecule has 0 fully saturated rings. The van der Waals surface area contributed by atoms with E-state index < -0.39 is 16.1 Å². The Labute approximate surface area is 93.2 Å². The van der Waals surface area contributed by atoms with Crippen LogP contribution in [0.5, 0.6) is 0 Å². The molecule has 0 spiro atoms. The van der Waals surface area contributed by atoms with Gasteiger partial charge < -0.3 is 5.11 Å². The monoisotopic (exact) mass is 250 g/mol. The number of aliphatic hydroxyl groups is 1. The van der Waals surface area contributed by atoms with Crippen molar-refractivity contribution in [1.29, 1.82) is 0 Å². The summed E-state index contributed by atoms with van der Waals surface area (Å²) in [7, 11) is -3.61. The van der Waals surface area contributed by atoms with Crippen LogP contribution in [0.15, 0.2) is 23.2 Å². The molecule has 1 rings (SSSR count). The Morgan fingerprint density at radius 1 is 1.67 bits per heavy atom. The van der Waals surface area contributed by atoms with Gasteiger partial charge in [-0.25, -0.2) is 18.1 Å². The van der Waals surface area contributed by atoms with Crippen molar-refractivity contribution < 1.29 is 13.5 Å². The predicted octanol–water partition coefficient (Wildman–Crippen LogP) is 0.394. The van der Waals surface area contributed by atoms with Crippen molar-refractivity contribution in [1.82, 2.24) is 9.71 Å². The first-order valence-electron chi connectivity index (χ1n) is 4.21. The fourth-order valence-corrected chi connectivity index (χ4v) is 2.24. The first-order valence-corrected chi connectivity index (χ1v) is 6.07. The van der Waals surface area contributed by atoms with Crippen molar-refractivity contribution in [3.8, 4) is 0 Å². The zero-order chi connectivity index (χ0) is 11.5. The van der Waals surface area contributed by atoms with Crippen molar-refractivity contribution in [2.24, 2.45) is 0 Å². The molecule has 0 saturated heterocycles. The quantitative estimate of drug-likeness (QED) is 0.758. The molecule has 1 heterocycles. The standard InChI is InChI=1S/C8H11ClN2O3S/c1-6(12)5-11-15(13,14)7-2-3-10-8(9)4-7/h2-4,6,11-12H,5H2,1H3. The van der Waals surface area contributed by atoms with E-state index in [1.807, 2.05) is 0 Å². The Balaban J connectivity index is 2.87. The third-order valence-corrected chi connectivity index (χ3v) is 3.21. The zero-order valence-electron chi connectivity index (χ0n) is 8.01. The molecule has 0 aliphatic carbocycles. The maximum Gasteiger partial charge on any atom is 0.240 e. The van der Waals surface area contributed by atoms with Crippen molar-refractivity contribution >= 4 is 21.6 Å². The van der Waals surface area contributed by atoms with E-state index in [-0.39, 0.29) is 16.6 Å². The summed E-state index contributed by atoms with van der Waals surface area (Å²) in [6.07, 6.45) is 0.566. The second-order valence-electron chi connectivity index (χ2n) is 3.02. The van der Waals surface area contributed by atoms with Crippen LogP contribution in [0.1, 0.15) is 6.92 Å². The van der Waals surface area contributed by atoms with Crippen molar-refractivity contribution in [2.75, 3.05) is 6.54 Å². The molecule has 0 saturated carbocycles. The number of rotatable bonds is 4. The van der Waals surface area contributed by atoms with Gasteiger partial charge in [-0.2, -0.15) is 0 Å². The lowest BCUT2D eigenvalue weighted by molar-refractivity contribution is 0.198. The summed E-state index contributed by atoms with van der Waals surface area (Å²) in [6.45, 7) is 1.45. The molecule has 0 aliphatic heterocycles. The molecule has 2 N–H and O–H groups in total. The first kappa shape index (κ1) is 12.4. The summed E-state index contributed by atoms with van der Waals surface area (Å²) in [4.78, 5) is 3.70. The van der Waals surface area contributed by atoms with Crippen LogP contribution in [0, 0.1) is 0 Å². The van der Waals surface area contributed by atoms with Crippen LogP contribution in [0.2, 0.25) is 5.15 Å². The smallest absolute Gasteiger partial charge is 0.240 e. The van der Waals surface area contributed by atoms with Gasteiger partial charge in [-0.15, -0.1) is 0 Å². The van der Waals surface area contributed by atoms with Crippen molar-refractivity contribution in [2.45, 2.75) is 17.9 Å². The maximum absolute atomic E-state index is 11.6. The fraction of sp³-hybridized carbons (Fsp3) is 0.375. The average Bonchev–Trinajstić information content (AvgIpc) is 2.15. The Bertz CT molecular complexity index is 433. The Kier molecular flexibility index (Phi) is 4.04. The molecule has 1 atom stereocenters. The molecule has 0 amide bonds. The van der Waals surface area contributed by atoms with Gasteiger partial charge in [0.05, 0.1) is 11.0 Å². The van der Waals surface area contributed by atoms with E-state index in [0.29, 0.717) is 0 Å². The highest BCUT2D eigenvalue weighted by atomic mass is 35.5. The summed E-state index contributed by atoms with van der Waals surface area (Å²) in [5.41, 5.74) is 0. The highest BCUT2D eigenvalue weighted by Crippen LogP contribution is 2.12. The van der Waals surface area contributed by atoms with Crippen LogP contribution < -0.4 is 4.72 Å². The summed E-state index contributed by atoms with van der Waals surface area (Å²) < 4.78 is 25.4. The summed E-state index contributed by atoms with van der Waals surface area (Å²) in [5.74, 6) is 0. The number of sulfonamides is 1. The second kappa shape index (κ2) is 4.89. The Hall–Kier alpha value is -0.690. The molecule has 1 aromatic heterocycles. The lowest BCUT2D eigenvalue weighted by Crippen LogP contribution is -2.30. The third-order valence-electron chi connectivity index (χ3n) is 1.58. The fourth-order valence-electron chi connectivity index (χ4n) is 0.865. The molecule has 0 bridgehead atoms. The van der Waals surface area contributed by atoms with Gasteiger partial charge in [-0.1, -0.05) is 11.6 Å². The van der Waals surface area contributed by atoms with E-state index in [2.05, 4.69) is 9.71 Å². The second-order valence-corrected chi connectivity index (χ2v) is 5.17. The number of nitrogens with one attached hydrogen (secondary N) is 1. The molecular formula is C8H11ClN2O3S. The normalized spacial score (nSPS) is 13.8. The summed E-state index contributed by atoms with van der Waals surface area (Å²) >= 11 is 5.56. The minimum Gasteiger partial charge on any atom is -0.392 e. The summed E-state index contributed by atoms with van der Waals surface area (Å²) in [5, 5.41) is 9.06. The average molecular weight is 251 g/mol. The van der Waals surface area contributed by atoms with Crippen molar-refractivity contribution in [3.05, 3.63) is 23.5 Å². The van der Waals surface area contributed by atoms with Gasteiger partial charge in [0.1, 0.15) is 5.15 Å². The Morgan fingerprint density at radius 2 is 2.33 bits per heavy atom. The van der Waals surface area contributed by atoms with Gasteiger partial charge >= 0.3 is 0 Å². The molecule has 1 unspecified atom stereocenters. The van der Waals surface area contributed by atoms with E-state index >= 15 is 0 Å². The van der Waals surface area contributed by atoms with Gasteiger partial charge in [0, 0.05) is 12.7 Å². The Morgan fingerprint density at radius 3 is 2.87 bits per heavy atom. The molecule has 0 aliphatic rings. The predicted molar refractivity (Wildman–Crippen MR) is 56.1 cm³/mol. The van der Waals surface area contributed by atoms with E-state index in [0.717, 1.165) is 0 Å². The summed E-state index contributed by atoms with van der Waals surface area (Å²) in [6, 6.07) is 2.57. The maximum atomic E-state index is 11.6. The number of halogens is 1. The van der Waals surface area contributed by atoms with Crippen LogP contribution in [0.4, 0.5) is 0 Å². The topological polar surface area (TPSA) is 79.3 Å². The number of pyridine rings is 1. The SMILES string of the molecule is CC(O)CNS(=O)(=O)c1ccnc(Cl)c1. The third kappa shape index (κ3) is 3.75. The molecule has 1 aromatic rings. The molecule has 7 heteroatoms. The van der Waals surface area contributed by atoms with Gasteiger partial charge in [0.2, 0.25) is 10.0 Å².